The Morgan fingerprint density at radius 3 is 1.05 bits per heavy atom. The maximum Gasteiger partial charge on any atom is 0.306 e. The number of esters is 3. The summed E-state index contributed by atoms with van der Waals surface area (Å²) < 4.78 is 34.2. The number of carbonyl (C=O) groups excluding carboxylic acids is 3. The van der Waals surface area contributed by atoms with Crippen LogP contribution in [0.1, 0.15) is 252 Å². The molecule has 3 fully saturated rings. The highest BCUT2D eigenvalue weighted by Crippen LogP contribution is 2.32. The van der Waals surface area contributed by atoms with Crippen molar-refractivity contribution in [1.82, 2.24) is 0 Å². The molecule has 380 valence electrons. The van der Waals surface area contributed by atoms with E-state index >= 15 is 0 Å². The monoisotopic (exact) mass is 927 g/mol. The lowest BCUT2D eigenvalue weighted by atomic mass is 10.1. The SMILES string of the molecule is CCCCC[C@@H]1O[C@@H]1C/C=C\CCCCCCCC(=O)OC(COC(=O)CCCCCCC/C=C\C[C@@H]1O[C@@H]1CCCCC)COC(=O)CCCCCCC/C=C/C[C@H]1O[C@H]1CCCCC. The van der Waals surface area contributed by atoms with Gasteiger partial charge < -0.3 is 28.4 Å². The normalized spacial score (nSPS) is 21.5. The number of carbonyl (C=O) groups is 3. The van der Waals surface area contributed by atoms with E-state index in [2.05, 4.69) is 57.2 Å². The Kier molecular flexibility index (Phi) is 34.5. The maximum atomic E-state index is 12.9. The highest BCUT2D eigenvalue weighted by atomic mass is 16.6. The van der Waals surface area contributed by atoms with Crippen LogP contribution < -0.4 is 0 Å². The molecule has 0 N–H and O–H groups in total. The van der Waals surface area contributed by atoms with E-state index in [1.54, 1.807) is 0 Å². The summed E-state index contributed by atoms with van der Waals surface area (Å²) in [6.45, 7) is 6.51. The molecule has 0 aromatic rings. The Morgan fingerprint density at radius 1 is 0.379 bits per heavy atom. The standard InChI is InChI=1S/C57H98O9/c1-4-7-28-37-49-52(64-49)40-31-22-16-10-13-19-25-34-43-55(58)61-46-48(63-57(60)45-36-27-21-15-12-18-24-33-42-54-51(66-54)39-30-9-6-3)47-62-56(59)44-35-26-20-14-11-17-23-32-41-53-50(65-53)38-29-8-5-2/h22-24,31-33,48-54H,4-21,25-30,34-47H2,1-3H3/b31-22-,32-23+,33-24-/t48?,49-,50+,51+,52+,53-,54-/m1/s1. The number of unbranched alkanes of at least 4 members (excludes halogenated alkanes) is 21. The van der Waals surface area contributed by atoms with E-state index in [1.807, 2.05) is 0 Å². The fraction of sp³-hybridized carbons (Fsp3) is 0.842. The summed E-state index contributed by atoms with van der Waals surface area (Å²) in [5.41, 5.74) is 0. The lowest BCUT2D eigenvalue weighted by Crippen LogP contribution is -2.30. The van der Waals surface area contributed by atoms with Gasteiger partial charge in [-0.2, -0.15) is 0 Å². The number of hydrogen-bond donors (Lipinski definition) is 0. The van der Waals surface area contributed by atoms with Gasteiger partial charge in [-0.3, -0.25) is 14.4 Å². The number of allylic oxidation sites excluding steroid dienone is 3. The van der Waals surface area contributed by atoms with Crippen molar-refractivity contribution < 1.29 is 42.8 Å². The summed E-state index contributed by atoms with van der Waals surface area (Å²) in [5.74, 6) is -0.946. The van der Waals surface area contributed by atoms with E-state index in [0.717, 1.165) is 135 Å². The first-order valence-corrected chi connectivity index (χ1v) is 27.8. The molecule has 66 heavy (non-hydrogen) atoms. The van der Waals surface area contributed by atoms with E-state index < -0.39 is 6.10 Å². The Morgan fingerprint density at radius 2 is 0.697 bits per heavy atom. The molecule has 3 aliphatic heterocycles. The Bertz CT molecular complexity index is 1240. The smallest absolute Gasteiger partial charge is 0.306 e. The molecular weight excluding hydrogens is 829 g/mol. The number of hydrogen-bond acceptors (Lipinski definition) is 9. The van der Waals surface area contributed by atoms with Crippen LogP contribution in [0.3, 0.4) is 0 Å². The van der Waals surface area contributed by atoms with Gasteiger partial charge >= 0.3 is 17.9 Å². The van der Waals surface area contributed by atoms with Crippen molar-refractivity contribution in [3.63, 3.8) is 0 Å². The highest BCUT2D eigenvalue weighted by molar-refractivity contribution is 5.71. The quantitative estimate of drug-likeness (QED) is 0.0193. The van der Waals surface area contributed by atoms with Crippen molar-refractivity contribution in [3.05, 3.63) is 36.5 Å². The maximum absolute atomic E-state index is 12.9. The predicted molar refractivity (Wildman–Crippen MR) is 268 cm³/mol. The minimum absolute atomic E-state index is 0.100. The topological polar surface area (TPSA) is 116 Å². The average Bonchev–Trinajstić information content (AvgIpc) is 4.26. The first-order valence-electron chi connectivity index (χ1n) is 27.8. The second-order valence-electron chi connectivity index (χ2n) is 19.6. The minimum atomic E-state index is -0.803. The van der Waals surface area contributed by atoms with E-state index in [-0.39, 0.29) is 31.1 Å². The molecule has 7 atom stereocenters. The summed E-state index contributed by atoms with van der Waals surface area (Å²) in [5, 5.41) is 0. The molecule has 0 amide bonds. The molecule has 0 aromatic heterocycles. The lowest BCUT2D eigenvalue weighted by molar-refractivity contribution is -0.167. The van der Waals surface area contributed by atoms with Crippen molar-refractivity contribution >= 4 is 17.9 Å². The fourth-order valence-corrected chi connectivity index (χ4v) is 8.82. The third-order valence-corrected chi connectivity index (χ3v) is 13.4. The summed E-state index contributed by atoms with van der Waals surface area (Å²) in [7, 11) is 0. The van der Waals surface area contributed by atoms with Gasteiger partial charge in [0.2, 0.25) is 0 Å². The van der Waals surface area contributed by atoms with Gasteiger partial charge in [0.05, 0.1) is 36.6 Å². The molecular formula is C57H98O9. The van der Waals surface area contributed by atoms with Crippen LogP contribution in [0, 0.1) is 0 Å². The van der Waals surface area contributed by atoms with Gasteiger partial charge in [-0.15, -0.1) is 0 Å². The zero-order valence-electron chi connectivity index (χ0n) is 42.5. The van der Waals surface area contributed by atoms with Crippen LogP contribution in [0.4, 0.5) is 0 Å². The lowest BCUT2D eigenvalue weighted by Gasteiger charge is -2.18. The minimum Gasteiger partial charge on any atom is -0.462 e. The molecule has 9 heteroatoms. The molecule has 0 radical (unpaired) electrons. The molecule has 3 rings (SSSR count). The largest absolute Gasteiger partial charge is 0.462 e. The van der Waals surface area contributed by atoms with Gasteiger partial charge in [-0.05, 0) is 96.3 Å². The molecule has 0 spiro atoms. The van der Waals surface area contributed by atoms with Gasteiger partial charge in [0.25, 0.3) is 0 Å². The molecule has 0 aromatic carbocycles. The Hall–Kier alpha value is -2.49. The Balaban J connectivity index is 1.22. The summed E-state index contributed by atoms with van der Waals surface area (Å²) in [6.07, 6.45) is 53.4. The molecule has 0 aliphatic carbocycles. The second-order valence-corrected chi connectivity index (χ2v) is 19.6. The van der Waals surface area contributed by atoms with Crippen molar-refractivity contribution in [2.75, 3.05) is 13.2 Å². The summed E-state index contributed by atoms with van der Waals surface area (Å²) in [4.78, 5) is 38.2. The zero-order chi connectivity index (χ0) is 47.1. The molecule has 0 saturated carbocycles. The van der Waals surface area contributed by atoms with E-state index in [1.165, 1.54) is 77.0 Å². The fourth-order valence-electron chi connectivity index (χ4n) is 8.82. The van der Waals surface area contributed by atoms with Gasteiger partial charge in [-0.1, -0.05) is 173 Å². The summed E-state index contributed by atoms with van der Waals surface area (Å²) >= 11 is 0. The van der Waals surface area contributed by atoms with Crippen LogP contribution in [0.2, 0.25) is 0 Å². The third kappa shape index (κ3) is 32.3. The van der Waals surface area contributed by atoms with Crippen LogP contribution in [0.15, 0.2) is 36.5 Å². The van der Waals surface area contributed by atoms with Crippen LogP contribution in [-0.2, 0) is 42.8 Å². The third-order valence-electron chi connectivity index (χ3n) is 13.4. The molecule has 9 nitrogen and oxygen atoms in total. The van der Waals surface area contributed by atoms with E-state index in [9.17, 15) is 14.4 Å². The molecule has 1 unspecified atom stereocenters. The number of epoxide rings is 3. The van der Waals surface area contributed by atoms with E-state index in [0.29, 0.717) is 55.9 Å². The zero-order valence-corrected chi connectivity index (χ0v) is 42.5. The highest BCUT2D eigenvalue weighted by Gasteiger charge is 2.37. The molecule has 0 bridgehead atoms. The Labute approximate surface area is 403 Å². The first-order chi connectivity index (χ1) is 32.4. The van der Waals surface area contributed by atoms with Crippen LogP contribution in [0.25, 0.3) is 0 Å². The van der Waals surface area contributed by atoms with Gasteiger partial charge in [-0.25, -0.2) is 0 Å². The van der Waals surface area contributed by atoms with Crippen LogP contribution in [0.5, 0.6) is 0 Å². The number of ether oxygens (including phenoxy) is 6. The molecule has 3 heterocycles. The number of rotatable bonds is 47. The summed E-state index contributed by atoms with van der Waals surface area (Å²) in [6, 6.07) is 0. The van der Waals surface area contributed by atoms with Crippen molar-refractivity contribution in [1.29, 1.82) is 0 Å². The second kappa shape index (κ2) is 39.4. The van der Waals surface area contributed by atoms with Gasteiger partial charge in [0.1, 0.15) is 13.2 Å². The van der Waals surface area contributed by atoms with Gasteiger partial charge in [0, 0.05) is 19.3 Å². The average molecular weight is 927 g/mol. The van der Waals surface area contributed by atoms with Crippen LogP contribution in [-0.4, -0.2) is 73.8 Å². The first kappa shape index (κ1) is 57.8. The van der Waals surface area contributed by atoms with E-state index in [4.69, 9.17) is 28.4 Å². The van der Waals surface area contributed by atoms with Crippen molar-refractivity contribution in [2.45, 2.75) is 295 Å². The predicted octanol–water partition coefficient (Wildman–Crippen LogP) is 15.1. The molecule has 3 aliphatic rings. The van der Waals surface area contributed by atoms with Crippen molar-refractivity contribution in [3.8, 4) is 0 Å². The van der Waals surface area contributed by atoms with Gasteiger partial charge in [0.15, 0.2) is 6.10 Å². The van der Waals surface area contributed by atoms with Crippen LogP contribution >= 0.6 is 0 Å². The molecule has 3 saturated heterocycles. The van der Waals surface area contributed by atoms with Crippen molar-refractivity contribution in [2.24, 2.45) is 0 Å².